The number of primary sulfonamides is 1. The van der Waals surface area contributed by atoms with Crippen LogP contribution < -0.4 is 20.6 Å². The van der Waals surface area contributed by atoms with Crippen LogP contribution in [0.1, 0.15) is 15.7 Å². The number of hydrogen-bond donors (Lipinski definition) is 3. The van der Waals surface area contributed by atoms with E-state index in [1.54, 1.807) is 0 Å². The van der Waals surface area contributed by atoms with Gasteiger partial charge in [0.25, 0.3) is 0 Å². The molecule has 1 saturated heterocycles. The third-order valence-corrected chi connectivity index (χ3v) is 10.0. The van der Waals surface area contributed by atoms with Crippen molar-refractivity contribution in [1.29, 1.82) is 0 Å². The molecular weight excluding hydrogens is 521 g/mol. The zero-order valence-corrected chi connectivity index (χ0v) is 20.4. The molecule has 0 saturated carbocycles. The maximum absolute atomic E-state index is 12.9. The standard InChI is InChI=1S/C20H16N4O6S4/c21-34(29,30)10-5-3-9(4-6-10)22-12(25)8-24-19-16(33-20(24)28)13(11-2-1-7-31-11)14-15(32-19)18(27)23-17(14)26/h1-7,13-15H,8H2,(H,22,25)(H2,21,29,30)(H,23,26,27)/t13-,14+,15-/m0/s1. The highest BCUT2D eigenvalue weighted by Crippen LogP contribution is 2.52. The van der Waals surface area contributed by atoms with Crippen LogP contribution in [0, 0.1) is 5.92 Å². The van der Waals surface area contributed by atoms with E-state index in [-0.39, 0.29) is 22.2 Å². The largest absolute Gasteiger partial charge is 0.325 e. The maximum atomic E-state index is 12.9. The van der Waals surface area contributed by atoms with E-state index in [2.05, 4.69) is 10.6 Å². The average molecular weight is 537 g/mol. The molecule has 5 rings (SSSR count). The molecule has 176 valence electrons. The van der Waals surface area contributed by atoms with E-state index in [1.807, 2.05) is 17.5 Å². The van der Waals surface area contributed by atoms with Crippen molar-refractivity contribution in [3.05, 3.63) is 61.2 Å². The fourth-order valence-corrected chi connectivity index (χ4v) is 8.23. The topological polar surface area (TPSA) is 157 Å². The highest BCUT2D eigenvalue weighted by Gasteiger charge is 2.53. The first-order valence-corrected chi connectivity index (χ1v) is 14.0. The number of fused-ring (bicyclic) bond motifs is 2. The normalized spacial score (nSPS) is 21.6. The smallest absolute Gasteiger partial charge is 0.308 e. The van der Waals surface area contributed by atoms with Crippen molar-refractivity contribution in [3.8, 4) is 0 Å². The van der Waals surface area contributed by atoms with E-state index in [1.165, 1.54) is 40.2 Å². The third kappa shape index (κ3) is 4.01. The van der Waals surface area contributed by atoms with E-state index < -0.39 is 38.9 Å². The molecule has 14 heteroatoms. The lowest BCUT2D eigenvalue weighted by Gasteiger charge is -2.29. The number of amides is 3. The molecule has 0 unspecified atom stereocenters. The Hall–Kier alpha value is -2.78. The molecule has 1 fully saturated rings. The molecule has 4 heterocycles. The number of carbonyl (C=O) groups excluding carboxylic acids is 3. The Morgan fingerprint density at radius 1 is 1.12 bits per heavy atom. The quantitative estimate of drug-likeness (QED) is 0.413. The molecule has 1 aromatic carbocycles. The van der Waals surface area contributed by atoms with Crippen molar-refractivity contribution in [3.63, 3.8) is 0 Å². The number of thioether (sulfide) groups is 1. The number of thiophene rings is 1. The first-order chi connectivity index (χ1) is 16.1. The zero-order valence-electron chi connectivity index (χ0n) is 17.1. The van der Waals surface area contributed by atoms with Gasteiger partial charge in [0.15, 0.2) is 0 Å². The number of hydrogen-bond acceptors (Lipinski definition) is 9. The summed E-state index contributed by atoms with van der Waals surface area (Å²) >= 11 is 3.54. The Morgan fingerprint density at radius 3 is 2.50 bits per heavy atom. The van der Waals surface area contributed by atoms with E-state index in [0.29, 0.717) is 15.6 Å². The maximum Gasteiger partial charge on any atom is 0.308 e. The van der Waals surface area contributed by atoms with Crippen molar-refractivity contribution in [2.75, 3.05) is 5.32 Å². The molecule has 0 radical (unpaired) electrons. The lowest BCUT2D eigenvalue weighted by atomic mass is 9.87. The van der Waals surface area contributed by atoms with Crippen molar-refractivity contribution in [2.45, 2.75) is 27.6 Å². The molecule has 34 heavy (non-hydrogen) atoms. The number of benzene rings is 1. The number of imide groups is 1. The second kappa shape index (κ2) is 8.46. The molecule has 0 bridgehead atoms. The lowest BCUT2D eigenvalue weighted by molar-refractivity contribution is -0.126. The van der Waals surface area contributed by atoms with Crippen molar-refractivity contribution in [1.82, 2.24) is 9.88 Å². The fourth-order valence-electron chi connectivity index (χ4n) is 4.02. The molecule has 3 atom stereocenters. The van der Waals surface area contributed by atoms with Gasteiger partial charge in [-0.15, -0.1) is 11.3 Å². The predicted molar refractivity (Wildman–Crippen MR) is 127 cm³/mol. The van der Waals surface area contributed by atoms with Gasteiger partial charge in [-0.25, -0.2) is 13.6 Å². The van der Waals surface area contributed by atoms with Gasteiger partial charge >= 0.3 is 4.87 Å². The Kier molecular flexibility index (Phi) is 5.72. The van der Waals surface area contributed by atoms with E-state index in [4.69, 9.17) is 5.14 Å². The van der Waals surface area contributed by atoms with Crippen LogP contribution in [-0.2, 0) is 31.0 Å². The van der Waals surface area contributed by atoms with Gasteiger partial charge in [-0.2, -0.15) is 0 Å². The number of aromatic nitrogens is 1. The number of nitrogens with two attached hydrogens (primary N) is 1. The summed E-state index contributed by atoms with van der Waals surface area (Å²) in [5, 5.41) is 11.8. The number of nitrogens with one attached hydrogen (secondary N) is 2. The first-order valence-electron chi connectivity index (χ1n) is 9.84. The minimum atomic E-state index is -3.86. The number of sulfonamides is 1. The Balaban J connectivity index is 1.45. The van der Waals surface area contributed by atoms with Gasteiger partial charge in [0.1, 0.15) is 11.8 Å². The van der Waals surface area contributed by atoms with Gasteiger partial charge in [-0.05, 0) is 35.7 Å². The molecule has 0 spiro atoms. The molecule has 10 nitrogen and oxygen atoms in total. The molecule has 3 aromatic rings. The van der Waals surface area contributed by atoms with Crippen LogP contribution in [0.5, 0.6) is 0 Å². The molecular formula is C20H16N4O6S4. The minimum Gasteiger partial charge on any atom is -0.325 e. The number of nitrogens with zero attached hydrogens (tertiary/aromatic N) is 1. The lowest BCUT2D eigenvalue weighted by Crippen LogP contribution is -2.32. The Labute approximate surface area is 205 Å². The molecule has 3 amide bonds. The second-order valence-electron chi connectivity index (χ2n) is 7.65. The summed E-state index contributed by atoms with van der Waals surface area (Å²) in [5.41, 5.74) is 0.333. The zero-order chi connectivity index (χ0) is 24.2. The van der Waals surface area contributed by atoms with Gasteiger partial charge < -0.3 is 5.32 Å². The van der Waals surface area contributed by atoms with Gasteiger partial charge in [0.05, 0.1) is 15.8 Å². The number of carbonyl (C=O) groups is 3. The Morgan fingerprint density at radius 2 is 1.85 bits per heavy atom. The van der Waals surface area contributed by atoms with Crippen molar-refractivity contribution >= 4 is 67.9 Å². The molecule has 2 aliphatic rings. The van der Waals surface area contributed by atoms with Crippen LogP contribution in [0.25, 0.3) is 0 Å². The molecule has 2 aromatic heterocycles. The summed E-state index contributed by atoms with van der Waals surface area (Å²) in [6.07, 6.45) is 0. The van der Waals surface area contributed by atoms with Crippen molar-refractivity contribution < 1.29 is 22.8 Å². The van der Waals surface area contributed by atoms with Crippen LogP contribution in [-0.4, -0.2) is 36.0 Å². The summed E-state index contributed by atoms with van der Waals surface area (Å²) in [6, 6.07) is 9.03. The van der Waals surface area contributed by atoms with Crippen molar-refractivity contribution in [2.24, 2.45) is 11.1 Å². The minimum absolute atomic E-state index is 0.0939. The SMILES string of the molecule is NS(=O)(=O)c1ccc(NC(=O)Cn2c3c(sc2=O)[C@@H](c2cccs2)[C@H]2C(=O)NC(=O)[C@H]2S3)cc1. The van der Waals surface area contributed by atoms with Crippen LogP contribution in [0.4, 0.5) is 5.69 Å². The summed E-state index contributed by atoms with van der Waals surface area (Å²) in [4.78, 5) is 51.7. The summed E-state index contributed by atoms with van der Waals surface area (Å²) in [6.45, 7) is -0.307. The van der Waals surface area contributed by atoms with Gasteiger partial charge in [-0.1, -0.05) is 29.2 Å². The molecule has 4 N–H and O–H groups in total. The highest BCUT2D eigenvalue weighted by atomic mass is 32.2. The second-order valence-corrected chi connectivity index (χ2v) is 12.3. The number of thiazole rings is 1. The molecule has 2 aliphatic heterocycles. The predicted octanol–water partition coefficient (Wildman–Crippen LogP) is 1.14. The number of anilines is 1. The van der Waals surface area contributed by atoms with Crippen LogP contribution in [0.2, 0.25) is 0 Å². The van der Waals surface area contributed by atoms with E-state index in [0.717, 1.165) is 28.0 Å². The summed E-state index contributed by atoms with van der Waals surface area (Å²) in [7, 11) is -3.86. The Bertz CT molecular complexity index is 1470. The van der Waals surface area contributed by atoms with Gasteiger partial charge in [-0.3, -0.25) is 29.1 Å². The van der Waals surface area contributed by atoms with Crippen LogP contribution >= 0.6 is 34.4 Å². The van der Waals surface area contributed by atoms with Gasteiger partial charge in [0.2, 0.25) is 27.7 Å². The molecule has 0 aliphatic carbocycles. The number of rotatable bonds is 5. The first kappa shape index (κ1) is 23.0. The average Bonchev–Trinajstić information content (AvgIpc) is 3.47. The monoisotopic (exact) mass is 536 g/mol. The third-order valence-electron chi connectivity index (χ3n) is 5.51. The summed E-state index contributed by atoms with van der Waals surface area (Å²) in [5.74, 6) is -2.34. The fraction of sp³-hybridized carbons (Fsp3) is 0.200. The summed E-state index contributed by atoms with van der Waals surface area (Å²) < 4.78 is 24.1. The van der Waals surface area contributed by atoms with Crippen LogP contribution in [0.15, 0.2) is 56.5 Å². The van der Waals surface area contributed by atoms with E-state index in [9.17, 15) is 27.6 Å². The van der Waals surface area contributed by atoms with Gasteiger partial charge in [0, 0.05) is 21.4 Å². The van der Waals surface area contributed by atoms with Crippen LogP contribution in [0.3, 0.4) is 0 Å². The highest BCUT2D eigenvalue weighted by molar-refractivity contribution is 8.00. The van der Waals surface area contributed by atoms with E-state index >= 15 is 0 Å².